The Balaban J connectivity index is 1.81. The minimum atomic E-state index is -0.476. The quantitative estimate of drug-likeness (QED) is 0.712. The van der Waals surface area contributed by atoms with E-state index in [0.717, 1.165) is 18.5 Å². The van der Waals surface area contributed by atoms with E-state index >= 15 is 0 Å². The van der Waals surface area contributed by atoms with Crippen LogP contribution in [0.2, 0.25) is 0 Å². The number of rotatable bonds is 8. The van der Waals surface area contributed by atoms with Crippen LogP contribution in [0.1, 0.15) is 50.9 Å². The Hall–Kier alpha value is -2.34. The van der Waals surface area contributed by atoms with Crippen molar-refractivity contribution in [3.8, 4) is 0 Å². The number of nitrogens with one attached hydrogen (secondary N) is 2. The van der Waals surface area contributed by atoms with E-state index in [4.69, 9.17) is 9.26 Å². The van der Waals surface area contributed by atoms with Crippen molar-refractivity contribution < 1.29 is 14.1 Å². The lowest BCUT2D eigenvalue weighted by molar-refractivity contribution is 0.0526. The molecule has 0 bridgehead atoms. The largest absolute Gasteiger partial charge is 0.444 e. The van der Waals surface area contributed by atoms with Crippen molar-refractivity contribution in [1.82, 2.24) is 15.8 Å². The summed E-state index contributed by atoms with van der Waals surface area (Å²) in [6.07, 6.45) is 2.92. The number of carbonyl (C=O) groups excluding carboxylic acids is 1. The molecule has 0 saturated heterocycles. The molecule has 1 amide bonds. The molecule has 0 fully saturated rings. The summed E-state index contributed by atoms with van der Waals surface area (Å²) in [7, 11) is 0. The zero-order valence-corrected chi connectivity index (χ0v) is 15.1. The van der Waals surface area contributed by atoms with E-state index in [9.17, 15) is 4.79 Å². The van der Waals surface area contributed by atoms with Crippen LogP contribution in [0.25, 0.3) is 0 Å². The van der Waals surface area contributed by atoms with E-state index in [0.29, 0.717) is 13.1 Å². The summed E-state index contributed by atoms with van der Waals surface area (Å²) in [5.41, 5.74) is 1.60. The summed E-state index contributed by atoms with van der Waals surface area (Å²) in [5.74, 6) is 0. The highest BCUT2D eigenvalue weighted by Gasteiger charge is 2.16. The molecule has 6 heteroatoms. The first kappa shape index (κ1) is 19.0. The molecule has 2 rings (SSSR count). The molecule has 0 aliphatic heterocycles. The second-order valence-electron chi connectivity index (χ2n) is 6.91. The van der Waals surface area contributed by atoms with Gasteiger partial charge in [-0.3, -0.25) is 0 Å². The summed E-state index contributed by atoms with van der Waals surface area (Å²) < 4.78 is 10.1. The van der Waals surface area contributed by atoms with Gasteiger partial charge in [-0.2, -0.15) is 0 Å². The first-order valence-electron chi connectivity index (χ1n) is 8.58. The Bertz CT molecular complexity index is 621. The monoisotopic (exact) mass is 345 g/mol. The van der Waals surface area contributed by atoms with Crippen molar-refractivity contribution in [2.45, 2.75) is 51.8 Å². The third-order valence-corrected chi connectivity index (χ3v) is 3.56. The maximum Gasteiger partial charge on any atom is 0.407 e. The molecule has 0 aliphatic carbocycles. The fraction of sp³-hybridized carbons (Fsp3) is 0.474. The molecule has 0 saturated carbocycles. The molecule has 1 atom stereocenters. The van der Waals surface area contributed by atoms with E-state index < -0.39 is 5.60 Å². The highest BCUT2D eigenvalue weighted by molar-refractivity contribution is 5.67. The topological polar surface area (TPSA) is 76.4 Å². The lowest BCUT2D eigenvalue weighted by Crippen LogP contribution is -2.33. The van der Waals surface area contributed by atoms with Gasteiger partial charge in [0.25, 0.3) is 0 Å². The van der Waals surface area contributed by atoms with Gasteiger partial charge in [-0.25, -0.2) is 4.79 Å². The van der Waals surface area contributed by atoms with Crippen LogP contribution in [0.5, 0.6) is 0 Å². The lowest BCUT2D eigenvalue weighted by atomic mass is 10.0. The predicted molar refractivity (Wildman–Crippen MR) is 96.0 cm³/mol. The van der Waals surface area contributed by atoms with Crippen molar-refractivity contribution >= 4 is 6.09 Å². The molecule has 0 aliphatic rings. The van der Waals surface area contributed by atoms with E-state index in [1.807, 2.05) is 45.0 Å². The highest BCUT2D eigenvalue weighted by Crippen LogP contribution is 2.18. The number of nitrogens with zero attached hydrogens (tertiary/aromatic N) is 1. The number of benzene rings is 1. The number of carbonyl (C=O) groups is 1. The SMILES string of the molecule is CC(C)(C)OC(=O)NCCC[C@@H](NCc1ccon1)c1ccccc1. The molecular formula is C19H27N3O3. The molecule has 0 spiro atoms. The molecule has 0 unspecified atom stereocenters. The standard InChI is InChI=1S/C19H27N3O3/c1-19(2,3)25-18(23)20-12-7-10-17(15-8-5-4-6-9-15)21-14-16-11-13-24-22-16/h4-6,8-9,11,13,17,21H,7,10,12,14H2,1-3H3,(H,20,23)/t17-/m1/s1. The van der Waals surface area contributed by atoms with Gasteiger partial charge in [-0.1, -0.05) is 35.5 Å². The van der Waals surface area contributed by atoms with Gasteiger partial charge in [0.15, 0.2) is 0 Å². The summed E-state index contributed by atoms with van der Waals surface area (Å²) in [6, 6.07) is 12.3. The number of ether oxygens (including phenoxy) is 1. The molecule has 2 aromatic rings. The summed E-state index contributed by atoms with van der Waals surface area (Å²) in [4.78, 5) is 11.7. The van der Waals surface area contributed by atoms with Crippen LogP contribution < -0.4 is 10.6 Å². The average molecular weight is 345 g/mol. The van der Waals surface area contributed by atoms with Crippen LogP contribution in [0.15, 0.2) is 47.2 Å². The maximum absolute atomic E-state index is 11.7. The van der Waals surface area contributed by atoms with Crippen molar-refractivity contribution in [2.24, 2.45) is 0 Å². The van der Waals surface area contributed by atoms with E-state index in [2.05, 4.69) is 27.9 Å². The van der Waals surface area contributed by atoms with Crippen molar-refractivity contribution in [1.29, 1.82) is 0 Å². The second-order valence-corrected chi connectivity index (χ2v) is 6.91. The zero-order valence-electron chi connectivity index (χ0n) is 15.1. The molecule has 1 aromatic carbocycles. The molecule has 6 nitrogen and oxygen atoms in total. The van der Waals surface area contributed by atoms with Crippen LogP contribution in [0, 0.1) is 0 Å². The van der Waals surface area contributed by atoms with Gasteiger partial charge in [-0.15, -0.1) is 0 Å². The van der Waals surface area contributed by atoms with Gasteiger partial charge in [0, 0.05) is 25.2 Å². The van der Waals surface area contributed by atoms with Crippen molar-refractivity contribution in [3.05, 3.63) is 53.9 Å². The molecule has 25 heavy (non-hydrogen) atoms. The Kier molecular flexibility index (Phi) is 7.01. The summed E-state index contributed by atoms with van der Waals surface area (Å²) >= 11 is 0. The Morgan fingerprint density at radius 3 is 2.64 bits per heavy atom. The Labute approximate surface area is 148 Å². The number of hydrogen-bond donors (Lipinski definition) is 2. The molecule has 1 heterocycles. The second kappa shape index (κ2) is 9.22. The van der Waals surface area contributed by atoms with E-state index in [1.165, 1.54) is 5.56 Å². The lowest BCUT2D eigenvalue weighted by Gasteiger charge is -2.21. The number of aromatic nitrogens is 1. The minimum absolute atomic E-state index is 0.179. The minimum Gasteiger partial charge on any atom is -0.444 e. The van der Waals surface area contributed by atoms with Crippen molar-refractivity contribution in [2.75, 3.05) is 6.54 Å². The zero-order chi connectivity index (χ0) is 18.1. The van der Waals surface area contributed by atoms with Gasteiger partial charge < -0.3 is 19.9 Å². The third-order valence-electron chi connectivity index (χ3n) is 3.56. The van der Waals surface area contributed by atoms with E-state index in [1.54, 1.807) is 6.26 Å². The first-order chi connectivity index (χ1) is 11.9. The smallest absolute Gasteiger partial charge is 0.407 e. The van der Waals surface area contributed by atoms with E-state index in [-0.39, 0.29) is 12.1 Å². The molecular weight excluding hydrogens is 318 g/mol. The summed E-state index contributed by atoms with van der Waals surface area (Å²) in [6.45, 7) is 6.77. The Morgan fingerprint density at radius 1 is 1.24 bits per heavy atom. The normalized spacial score (nSPS) is 12.6. The molecule has 136 valence electrons. The fourth-order valence-corrected chi connectivity index (χ4v) is 2.44. The number of hydrogen-bond acceptors (Lipinski definition) is 5. The third kappa shape index (κ3) is 7.39. The van der Waals surface area contributed by atoms with Crippen LogP contribution in [0.3, 0.4) is 0 Å². The fourth-order valence-electron chi connectivity index (χ4n) is 2.44. The van der Waals surface area contributed by atoms with Gasteiger partial charge in [0.05, 0.1) is 5.69 Å². The molecule has 0 radical (unpaired) electrons. The van der Waals surface area contributed by atoms with Crippen LogP contribution >= 0.6 is 0 Å². The number of amides is 1. The molecule has 1 aromatic heterocycles. The average Bonchev–Trinajstić information content (AvgIpc) is 3.07. The highest BCUT2D eigenvalue weighted by atomic mass is 16.6. The first-order valence-corrected chi connectivity index (χ1v) is 8.58. The predicted octanol–water partition coefficient (Wildman–Crippen LogP) is 3.81. The van der Waals surface area contributed by atoms with Crippen LogP contribution in [0.4, 0.5) is 4.79 Å². The maximum atomic E-state index is 11.7. The van der Waals surface area contributed by atoms with Gasteiger partial charge in [-0.05, 0) is 39.2 Å². The summed E-state index contributed by atoms with van der Waals surface area (Å²) in [5, 5.41) is 10.2. The number of alkyl carbamates (subject to hydrolysis) is 1. The van der Waals surface area contributed by atoms with Gasteiger partial charge in [0.1, 0.15) is 11.9 Å². The Morgan fingerprint density at radius 2 is 2.00 bits per heavy atom. The van der Waals surface area contributed by atoms with Crippen molar-refractivity contribution in [3.63, 3.8) is 0 Å². The van der Waals surface area contributed by atoms with Gasteiger partial charge >= 0.3 is 6.09 Å². The van der Waals surface area contributed by atoms with Crippen LogP contribution in [-0.2, 0) is 11.3 Å². The van der Waals surface area contributed by atoms with Gasteiger partial charge in [0.2, 0.25) is 0 Å². The molecule has 2 N–H and O–H groups in total. The van der Waals surface area contributed by atoms with Crippen LogP contribution in [-0.4, -0.2) is 23.4 Å².